The lowest BCUT2D eigenvalue weighted by Gasteiger charge is -2.09. The van der Waals surface area contributed by atoms with Crippen molar-refractivity contribution < 1.29 is 9.90 Å². The molecule has 0 atom stereocenters. The van der Waals surface area contributed by atoms with E-state index in [0.29, 0.717) is 6.54 Å². The predicted molar refractivity (Wildman–Crippen MR) is 62.2 cm³/mol. The standard InChI is InChI=1S/C8H13N3O2.2ClH/c1-10(2)5-6-11-7(8(12)13)3-4-9-11;;/h3-4H,5-6H2,1-2H3,(H,12,13);2*1H. The lowest BCUT2D eigenvalue weighted by Crippen LogP contribution is -2.21. The third kappa shape index (κ3) is 5.01. The number of rotatable bonds is 4. The first-order valence-electron chi connectivity index (χ1n) is 4.01. The van der Waals surface area contributed by atoms with E-state index in [4.69, 9.17) is 5.11 Å². The van der Waals surface area contributed by atoms with Crippen LogP contribution < -0.4 is 0 Å². The van der Waals surface area contributed by atoms with Gasteiger partial charge in [-0.3, -0.25) is 4.68 Å². The maximum Gasteiger partial charge on any atom is 0.354 e. The average Bonchev–Trinajstić information content (AvgIpc) is 2.47. The van der Waals surface area contributed by atoms with E-state index in [0.717, 1.165) is 6.54 Å². The van der Waals surface area contributed by atoms with Crippen molar-refractivity contribution in [3.63, 3.8) is 0 Å². The molecule has 0 spiro atoms. The molecule has 0 bridgehead atoms. The molecule has 0 aromatic carbocycles. The summed E-state index contributed by atoms with van der Waals surface area (Å²) in [5.74, 6) is -0.934. The van der Waals surface area contributed by atoms with E-state index in [9.17, 15) is 4.79 Å². The molecule has 0 aliphatic heterocycles. The first-order chi connectivity index (χ1) is 6.11. The molecule has 88 valence electrons. The van der Waals surface area contributed by atoms with Gasteiger partial charge in [0.05, 0.1) is 6.54 Å². The van der Waals surface area contributed by atoms with Gasteiger partial charge in [-0.1, -0.05) is 0 Å². The van der Waals surface area contributed by atoms with Gasteiger partial charge >= 0.3 is 5.97 Å². The van der Waals surface area contributed by atoms with E-state index in [1.165, 1.54) is 16.9 Å². The van der Waals surface area contributed by atoms with Crippen molar-refractivity contribution in [3.8, 4) is 0 Å². The van der Waals surface area contributed by atoms with E-state index in [-0.39, 0.29) is 30.5 Å². The quantitative estimate of drug-likeness (QED) is 0.872. The zero-order valence-electron chi connectivity index (χ0n) is 8.58. The molecule has 1 rings (SSSR count). The maximum atomic E-state index is 10.7. The number of carboxylic acid groups (broad SMARTS) is 1. The zero-order valence-corrected chi connectivity index (χ0v) is 10.2. The highest BCUT2D eigenvalue weighted by Crippen LogP contribution is 1.98. The summed E-state index contributed by atoms with van der Waals surface area (Å²) >= 11 is 0. The summed E-state index contributed by atoms with van der Waals surface area (Å²) < 4.78 is 1.49. The summed E-state index contributed by atoms with van der Waals surface area (Å²) in [6.45, 7) is 1.38. The van der Waals surface area contributed by atoms with Crippen LogP contribution in [-0.4, -0.2) is 46.4 Å². The van der Waals surface area contributed by atoms with Crippen LogP contribution in [0.3, 0.4) is 0 Å². The number of hydrogen-bond donors (Lipinski definition) is 1. The Hall–Kier alpha value is -0.780. The number of aromatic nitrogens is 2. The molecular weight excluding hydrogens is 241 g/mol. The lowest BCUT2D eigenvalue weighted by atomic mass is 10.4. The summed E-state index contributed by atoms with van der Waals surface area (Å²) in [6, 6.07) is 1.50. The number of carboxylic acids is 1. The van der Waals surface area contributed by atoms with Crippen molar-refractivity contribution in [3.05, 3.63) is 18.0 Å². The molecule has 0 saturated heterocycles. The first-order valence-corrected chi connectivity index (χ1v) is 4.01. The van der Waals surface area contributed by atoms with Crippen LogP contribution in [0.4, 0.5) is 0 Å². The van der Waals surface area contributed by atoms with E-state index >= 15 is 0 Å². The summed E-state index contributed by atoms with van der Waals surface area (Å²) in [5.41, 5.74) is 0.238. The van der Waals surface area contributed by atoms with Gasteiger partial charge in [0.25, 0.3) is 0 Å². The van der Waals surface area contributed by atoms with Gasteiger partial charge in [0.1, 0.15) is 5.69 Å². The van der Waals surface area contributed by atoms with Crippen LogP contribution in [0.1, 0.15) is 10.5 Å². The molecule has 15 heavy (non-hydrogen) atoms. The van der Waals surface area contributed by atoms with Crippen LogP contribution in [0.2, 0.25) is 0 Å². The van der Waals surface area contributed by atoms with Crippen molar-refractivity contribution in [1.82, 2.24) is 14.7 Å². The summed E-state index contributed by atoms with van der Waals surface area (Å²) in [5, 5.41) is 12.7. The van der Waals surface area contributed by atoms with E-state index in [1.807, 2.05) is 19.0 Å². The van der Waals surface area contributed by atoms with Crippen molar-refractivity contribution in [1.29, 1.82) is 0 Å². The van der Waals surface area contributed by atoms with Gasteiger partial charge < -0.3 is 10.0 Å². The fourth-order valence-corrected chi connectivity index (χ4v) is 0.987. The predicted octanol–water partition coefficient (Wildman–Crippen LogP) is 0.986. The molecule has 1 N–H and O–H groups in total. The molecule has 0 amide bonds. The van der Waals surface area contributed by atoms with Gasteiger partial charge in [-0.2, -0.15) is 5.10 Å². The fraction of sp³-hybridized carbons (Fsp3) is 0.500. The molecule has 0 saturated carbocycles. The van der Waals surface area contributed by atoms with Crippen LogP contribution in [0, 0.1) is 0 Å². The van der Waals surface area contributed by atoms with Crippen molar-refractivity contribution in [2.75, 3.05) is 20.6 Å². The fourth-order valence-electron chi connectivity index (χ4n) is 0.987. The van der Waals surface area contributed by atoms with Crippen LogP contribution in [-0.2, 0) is 6.54 Å². The average molecular weight is 256 g/mol. The second kappa shape index (κ2) is 7.50. The van der Waals surface area contributed by atoms with Crippen molar-refractivity contribution in [2.45, 2.75) is 6.54 Å². The number of halogens is 2. The van der Waals surface area contributed by atoms with Gasteiger partial charge in [0.15, 0.2) is 0 Å². The van der Waals surface area contributed by atoms with Crippen LogP contribution in [0.15, 0.2) is 12.3 Å². The molecule has 7 heteroatoms. The summed E-state index contributed by atoms with van der Waals surface area (Å²) in [7, 11) is 3.87. The smallest absolute Gasteiger partial charge is 0.354 e. The Balaban J connectivity index is 0. The highest BCUT2D eigenvalue weighted by molar-refractivity contribution is 5.86. The number of aromatic carboxylic acids is 1. The third-order valence-electron chi connectivity index (χ3n) is 1.69. The molecule has 0 unspecified atom stereocenters. The van der Waals surface area contributed by atoms with Gasteiger partial charge in [0.2, 0.25) is 0 Å². The molecule has 0 radical (unpaired) electrons. The van der Waals surface area contributed by atoms with Crippen LogP contribution >= 0.6 is 24.8 Å². The summed E-state index contributed by atoms with van der Waals surface area (Å²) in [6.07, 6.45) is 1.50. The molecule has 1 aromatic rings. The van der Waals surface area contributed by atoms with Crippen molar-refractivity contribution in [2.24, 2.45) is 0 Å². The molecular formula is C8H15Cl2N3O2. The molecule has 0 aliphatic carbocycles. The van der Waals surface area contributed by atoms with Gasteiger partial charge in [-0.05, 0) is 20.2 Å². The monoisotopic (exact) mass is 255 g/mol. The van der Waals surface area contributed by atoms with Gasteiger partial charge in [0, 0.05) is 12.7 Å². The SMILES string of the molecule is CN(C)CCn1nccc1C(=O)O.Cl.Cl. The Morgan fingerprint density at radius 3 is 2.60 bits per heavy atom. The Morgan fingerprint density at radius 1 is 1.53 bits per heavy atom. The summed E-state index contributed by atoms with van der Waals surface area (Å²) in [4.78, 5) is 12.6. The molecule has 1 aromatic heterocycles. The molecule has 0 fully saturated rings. The minimum absolute atomic E-state index is 0. The second-order valence-electron chi connectivity index (χ2n) is 3.05. The highest BCUT2D eigenvalue weighted by Gasteiger charge is 2.09. The Kier molecular flexibility index (Phi) is 8.33. The third-order valence-corrected chi connectivity index (χ3v) is 1.69. The Morgan fingerprint density at radius 2 is 2.13 bits per heavy atom. The number of likely N-dealkylation sites (N-methyl/N-ethyl adjacent to an activating group) is 1. The lowest BCUT2D eigenvalue weighted by molar-refractivity contribution is 0.0682. The second-order valence-corrected chi connectivity index (χ2v) is 3.05. The number of nitrogens with zero attached hydrogens (tertiary/aromatic N) is 3. The zero-order chi connectivity index (χ0) is 9.84. The highest BCUT2D eigenvalue weighted by atomic mass is 35.5. The van der Waals surface area contributed by atoms with Gasteiger partial charge in [-0.15, -0.1) is 24.8 Å². The Bertz CT molecular complexity index is 302. The molecule has 1 heterocycles. The minimum atomic E-state index is -0.934. The number of carbonyl (C=O) groups is 1. The largest absolute Gasteiger partial charge is 0.477 e. The maximum absolute atomic E-state index is 10.7. The Labute approximate surface area is 101 Å². The minimum Gasteiger partial charge on any atom is -0.477 e. The molecule has 5 nitrogen and oxygen atoms in total. The first kappa shape index (κ1) is 16.6. The molecule has 0 aliphatic rings. The van der Waals surface area contributed by atoms with Crippen LogP contribution in [0.5, 0.6) is 0 Å². The van der Waals surface area contributed by atoms with E-state index in [2.05, 4.69) is 5.10 Å². The van der Waals surface area contributed by atoms with Gasteiger partial charge in [-0.25, -0.2) is 4.79 Å². The van der Waals surface area contributed by atoms with E-state index in [1.54, 1.807) is 0 Å². The number of hydrogen-bond acceptors (Lipinski definition) is 3. The normalized spacial score (nSPS) is 9.27. The van der Waals surface area contributed by atoms with Crippen molar-refractivity contribution >= 4 is 30.8 Å². The topological polar surface area (TPSA) is 58.4 Å². The van der Waals surface area contributed by atoms with E-state index < -0.39 is 5.97 Å². The van der Waals surface area contributed by atoms with Crippen LogP contribution in [0.25, 0.3) is 0 Å².